The lowest BCUT2D eigenvalue weighted by Gasteiger charge is -2.22. The average molecular weight is 259 g/mol. The van der Waals surface area contributed by atoms with E-state index < -0.39 is 6.10 Å². The molecule has 0 fully saturated rings. The van der Waals surface area contributed by atoms with Gasteiger partial charge in [-0.15, -0.1) is 0 Å². The smallest absolute Gasteiger partial charge is 0.0756 e. The van der Waals surface area contributed by atoms with Crippen molar-refractivity contribution in [3.8, 4) is 0 Å². The maximum absolute atomic E-state index is 9.77. The molecule has 0 aliphatic carbocycles. The number of pyridine rings is 1. The fraction of sp³-hybridized carbons (Fsp3) is 0.500. The Kier molecular flexibility index (Phi) is 4.04. The summed E-state index contributed by atoms with van der Waals surface area (Å²) in [5.41, 5.74) is 6.75. The van der Waals surface area contributed by atoms with Gasteiger partial charge in [-0.2, -0.15) is 0 Å². The molecule has 1 aromatic heterocycles. The van der Waals surface area contributed by atoms with Crippen molar-refractivity contribution in [2.45, 2.75) is 26.0 Å². The molecule has 0 saturated heterocycles. The summed E-state index contributed by atoms with van der Waals surface area (Å²) in [6, 6.07) is 1.50. The summed E-state index contributed by atoms with van der Waals surface area (Å²) < 4.78 is 0.876. The molecule has 0 aliphatic rings. The predicted molar refractivity (Wildman–Crippen MR) is 59.7 cm³/mol. The van der Waals surface area contributed by atoms with Gasteiger partial charge in [-0.05, 0) is 33.5 Å². The maximum atomic E-state index is 9.77. The van der Waals surface area contributed by atoms with E-state index in [4.69, 9.17) is 5.73 Å². The van der Waals surface area contributed by atoms with Gasteiger partial charge in [0.05, 0.1) is 12.1 Å². The van der Waals surface area contributed by atoms with Gasteiger partial charge in [0.2, 0.25) is 0 Å². The highest BCUT2D eigenvalue weighted by Crippen LogP contribution is 2.21. The molecule has 4 heteroatoms. The van der Waals surface area contributed by atoms with Crippen molar-refractivity contribution >= 4 is 15.9 Å². The number of aliphatic hydroxyl groups excluding tert-OH is 1. The van der Waals surface area contributed by atoms with Crippen LogP contribution in [-0.2, 0) is 0 Å². The Balaban J connectivity index is 2.83. The zero-order valence-electron chi connectivity index (χ0n) is 8.31. The number of aliphatic hydroxyl groups is 1. The summed E-state index contributed by atoms with van der Waals surface area (Å²) in [6.45, 7) is 3.88. The van der Waals surface area contributed by atoms with Crippen LogP contribution in [0.3, 0.4) is 0 Å². The summed E-state index contributed by atoms with van der Waals surface area (Å²) in [5.74, 6) is 0.143. The number of aromatic nitrogens is 1. The number of nitrogens with zero attached hydrogens (tertiary/aromatic N) is 1. The minimum absolute atomic E-state index is 0.143. The van der Waals surface area contributed by atoms with E-state index in [1.807, 2.05) is 19.9 Å². The summed E-state index contributed by atoms with van der Waals surface area (Å²) in [5, 5.41) is 9.77. The van der Waals surface area contributed by atoms with E-state index in [1.54, 1.807) is 12.4 Å². The van der Waals surface area contributed by atoms with Gasteiger partial charge in [0.25, 0.3) is 0 Å². The van der Waals surface area contributed by atoms with Gasteiger partial charge in [-0.1, -0.05) is 13.8 Å². The molecule has 0 aromatic carbocycles. The second-order valence-electron chi connectivity index (χ2n) is 3.70. The average Bonchev–Trinajstić information content (AvgIpc) is 2.15. The Hall–Kier alpha value is -0.450. The molecular weight excluding hydrogens is 244 g/mol. The van der Waals surface area contributed by atoms with Crippen LogP contribution in [0.5, 0.6) is 0 Å². The molecule has 0 unspecified atom stereocenters. The van der Waals surface area contributed by atoms with E-state index in [0.717, 1.165) is 10.0 Å². The quantitative estimate of drug-likeness (QED) is 0.871. The third-order valence-corrected chi connectivity index (χ3v) is 2.60. The molecule has 3 N–H and O–H groups in total. The van der Waals surface area contributed by atoms with Crippen LogP contribution >= 0.6 is 15.9 Å². The van der Waals surface area contributed by atoms with Crippen LogP contribution in [0, 0.1) is 5.92 Å². The van der Waals surface area contributed by atoms with Crippen molar-refractivity contribution in [3.63, 3.8) is 0 Å². The molecule has 0 radical (unpaired) electrons. The second-order valence-corrected chi connectivity index (χ2v) is 4.61. The van der Waals surface area contributed by atoms with Crippen molar-refractivity contribution in [2.75, 3.05) is 0 Å². The molecule has 78 valence electrons. The summed E-state index contributed by atoms with van der Waals surface area (Å²) in [7, 11) is 0. The SMILES string of the molecule is CC(C)[C@H](O)[C@H](N)c1cncc(Br)c1. The van der Waals surface area contributed by atoms with Crippen molar-refractivity contribution in [2.24, 2.45) is 11.7 Å². The van der Waals surface area contributed by atoms with Crippen LogP contribution in [0.4, 0.5) is 0 Å². The molecule has 1 aromatic rings. The Bertz CT molecular complexity index is 304. The lowest BCUT2D eigenvalue weighted by atomic mass is 9.96. The number of rotatable bonds is 3. The molecule has 0 spiro atoms. The molecule has 1 heterocycles. The van der Waals surface area contributed by atoms with Gasteiger partial charge in [-0.3, -0.25) is 4.98 Å². The van der Waals surface area contributed by atoms with E-state index in [1.165, 1.54) is 0 Å². The van der Waals surface area contributed by atoms with Gasteiger partial charge in [0.1, 0.15) is 0 Å². The van der Waals surface area contributed by atoms with Gasteiger partial charge in [0.15, 0.2) is 0 Å². The predicted octanol–water partition coefficient (Wildman–Crippen LogP) is 1.86. The van der Waals surface area contributed by atoms with Crippen molar-refractivity contribution < 1.29 is 5.11 Å². The first kappa shape index (κ1) is 11.6. The highest BCUT2D eigenvalue weighted by Gasteiger charge is 2.20. The van der Waals surface area contributed by atoms with E-state index in [-0.39, 0.29) is 12.0 Å². The first-order valence-electron chi connectivity index (χ1n) is 4.56. The summed E-state index contributed by atoms with van der Waals surface area (Å²) in [6.07, 6.45) is 2.84. The lowest BCUT2D eigenvalue weighted by molar-refractivity contribution is 0.0978. The first-order valence-corrected chi connectivity index (χ1v) is 5.35. The first-order chi connectivity index (χ1) is 6.52. The lowest BCUT2D eigenvalue weighted by Crippen LogP contribution is -2.30. The van der Waals surface area contributed by atoms with E-state index in [0.29, 0.717) is 0 Å². The van der Waals surface area contributed by atoms with Crippen LogP contribution in [0.15, 0.2) is 22.9 Å². The molecule has 0 saturated carbocycles. The largest absolute Gasteiger partial charge is 0.391 e. The van der Waals surface area contributed by atoms with Gasteiger partial charge in [-0.25, -0.2) is 0 Å². The Labute approximate surface area is 92.5 Å². The molecule has 0 aliphatic heterocycles. The monoisotopic (exact) mass is 258 g/mol. The van der Waals surface area contributed by atoms with E-state index >= 15 is 0 Å². The minimum atomic E-state index is -0.536. The molecular formula is C10H15BrN2O. The zero-order valence-corrected chi connectivity index (χ0v) is 9.90. The molecule has 0 amide bonds. The van der Waals surface area contributed by atoms with E-state index in [9.17, 15) is 5.11 Å². The van der Waals surface area contributed by atoms with Gasteiger partial charge >= 0.3 is 0 Å². The second kappa shape index (κ2) is 4.87. The Morgan fingerprint density at radius 2 is 2.07 bits per heavy atom. The summed E-state index contributed by atoms with van der Waals surface area (Å²) in [4.78, 5) is 4.01. The van der Waals surface area contributed by atoms with Crippen LogP contribution < -0.4 is 5.73 Å². The van der Waals surface area contributed by atoms with Gasteiger partial charge < -0.3 is 10.8 Å². The van der Waals surface area contributed by atoms with Gasteiger partial charge in [0, 0.05) is 16.9 Å². The minimum Gasteiger partial charge on any atom is -0.391 e. The highest BCUT2D eigenvalue weighted by molar-refractivity contribution is 9.10. The molecule has 1 rings (SSSR count). The van der Waals surface area contributed by atoms with Crippen LogP contribution in [0.25, 0.3) is 0 Å². The molecule has 3 nitrogen and oxygen atoms in total. The standard InChI is InChI=1S/C10H15BrN2O/c1-6(2)10(14)9(12)7-3-8(11)5-13-4-7/h3-6,9-10,14H,12H2,1-2H3/t9-,10+/m1/s1. The number of hydrogen-bond donors (Lipinski definition) is 2. The fourth-order valence-electron chi connectivity index (χ4n) is 1.22. The van der Waals surface area contributed by atoms with Crippen molar-refractivity contribution in [1.82, 2.24) is 4.98 Å². The zero-order chi connectivity index (χ0) is 10.7. The fourth-order valence-corrected chi connectivity index (χ4v) is 1.60. The van der Waals surface area contributed by atoms with Crippen molar-refractivity contribution in [1.29, 1.82) is 0 Å². The summed E-state index contributed by atoms with van der Waals surface area (Å²) >= 11 is 3.32. The molecule has 14 heavy (non-hydrogen) atoms. The number of halogens is 1. The van der Waals surface area contributed by atoms with Crippen LogP contribution in [-0.4, -0.2) is 16.2 Å². The van der Waals surface area contributed by atoms with Crippen molar-refractivity contribution in [3.05, 3.63) is 28.5 Å². The third kappa shape index (κ3) is 2.77. The highest BCUT2D eigenvalue weighted by atomic mass is 79.9. The third-order valence-electron chi connectivity index (χ3n) is 2.16. The number of nitrogens with two attached hydrogens (primary N) is 1. The Morgan fingerprint density at radius 3 is 2.57 bits per heavy atom. The molecule has 2 atom stereocenters. The van der Waals surface area contributed by atoms with E-state index in [2.05, 4.69) is 20.9 Å². The van der Waals surface area contributed by atoms with Crippen LogP contribution in [0.1, 0.15) is 25.5 Å². The van der Waals surface area contributed by atoms with Crippen LogP contribution in [0.2, 0.25) is 0 Å². The normalized spacial score (nSPS) is 15.6. The maximum Gasteiger partial charge on any atom is 0.0756 e. The Morgan fingerprint density at radius 1 is 1.43 bits per heavy atom. The molecule has 0 bridgehead atoms. The topological polar surface area (TPSA) is 59.1 Å². The number of hydrogen-bond acceptors (Lipinski definition) is 3.